The van der Waals surface area contributed by atoms with Gasteiger partial charge in [-0.05, 0) is 31.0 Å². The molecule has 1 aromatic carbocycles. The van der Waals surface area contributed by atoms with Crippen LogP contribution in [0.3, 0.4) is 0 Å². The molecule has 1 unspecified atom stereocenters. The largest absolute Gasteiger partial charge is 0.338 e. The van der Waals surface area contributed by atoms with Crippen LogP contribution in [0, 0.1) is 0 Å². The summed E-state index contributed by atoms with van der Waals surface area (Å²) < 4.78 is 0. The molecule has 1 atom stereocenters. The van der Waals surface area contributed by atoms with E-state index in [2.05, 4.69) is 10.6 Å². The van der Waals surface area contributed by atoms with E-state index in [1.807, 2.05) is 38.1 Å². The standard InChI is InChI=1S/C12H17ClN2O/c1-3-8-14-12(16)15-9(2)10-4-6-11(13)7-5-10/h4-7,9H,3,8H2,1-2H3,(H2,14,15,16). The molecule has 1 aromatic rings. The van der Waals surface area contributed by atoms with Crippen LogP contribution in [0.1, 0.15) is 31.9 Å². The van der Waals surface area contributed by atoms with Crippen LogP contribution in [-0.4, -0.2) is 12.6 Å². The second-order valence-electron chi connectivity index (χ2n) is 3.67. The van der Waals surface area contributed by atoms with Crippen molar-refractivity contribution in [3.63, 3.8) is 0 Å². The SMILES string of the molecule is CCCNC(=O)NC(C)c1ccc(Cl)cc1. The van der Waals surface area contributed by atoms with Crippen molar-refractivity contribution in [3.8, 4) is 0 Å². The Morgan fingerprint density at radius 3 is 2.56 bits per heavy atom. The summed E-state index contributed by atoms with van der Waals surface area (Å²) >= 11 is 5.79. The lowest BCUT2D eigenvalue weighted by atomic mass is 10.1. The Bertz CT molecular complexity index is 337. The van der Waals surface area contributed by atoms with E-state index in [1.54, 1.807) is 0 Å². The monoisotopic (exact) mass is 240 g/mol. The van der Waals surface area contributed by atoms with E-state index in [9.17, 15) is 4.79 Å². The van der Waals surface area contributed by atoms with Crippen LogP contribution in [0.4, 0.5) is 4.79 Å². The lowest BCUT2D eigenvalue weighted by Crippen LogP contribution is -2.37. The third-order valence-electron chi connectivity index (χ3n) is 2.25. The average molecular weight is 241 g/mol. The second kappa shape index (κ2) is 6.38. The van der Waals surface area contributed by atoms with E-state index in [1.165, 1.54) is 0 Å². The quantitative estimate of drug-likeness (QED) is 0.834. The third kappa shape index (κ3) is 4.11. The summed E-state index contributed by atoms with van der Waals surface area (Å²) in [5.41, 5.74) is 1.04. The number of urea groups is 1. The number of hydrogen-bond donors (Lipinski definition) is 2. The maximum absolute atomic E-state index is 11.4. The molecule has 0 heterocycles. The highest BCUT2D eigenvalue weighted by atomic mass is 35.5. The van der Waals surface area contributed by atoms with Crippen molar-refractivity contribution < 1.29 is 4.79 Å². The topological polar surface area (TPSA) is 41.1 Å². The Labute approximate surface area is 101 Å². The zero-order valence-electron chi connectivity index (χ0n) is 9.59. The Morgan fingerprint density at radius 2 is 2.00 bits per heavy atom. The molecule has 2 N–H and O–H groups in total. The van der Waals surface area contributed by atoms with Gasteiger partial charge in [-0.15, -0.1) is 0 Å². The zero-order chi connectivity index (χ0) is 12.0. The molecular formula is C12H17ClN2O. The first-order chi connectivity index (χ1) is 7.63. The predicted molar refractivity (Wildman–Crippen MR) is 66.7 cm³/mol. The molecule has 0 aromatic heterocycles. The summed E-state index contributed by atoms with van der Waals surface area (Å²) in [6, 6.07) is 7.30. The van der Waals surface area contributed by atoms with Gasteiger partial charge in [-0.3, -0.25) is 0 Å². The normalized spacial score (nSPS) is 11.9. The maximum Gasteiger partial charge on any atom is 0.315 e. The third-order valence-corrected chi connectivity index (χ3v) is 2.51. The first kappa shape index (κ1) is 12.8. The molecule has 0 aliphatic heterocycles. The van der Waals surface area contributed by atoms with Gasteiger partial charge in [0.25, 0.3) is 0 Å². The minimum atomic E-state index is -0.135. The van der Waals surface area contributed by atoms with Gasteiger partial charge in [0.15, 0.2) is 0 Å². The van der Waals surface area contributed by atoms with Crippen LogP contribution in [0.15, 0.2) is 24.3 Å². The van der Waals surface area contributed by atoms with Gasteiger partial charge in [-0.1, -0.05) is 30.7 Å². The minimum Gasteiger partial charge on any atom is -0.338 e. The van der Waals surface area contributed by atoms with Crippen LogP contribution < -0.4 is 10.6 Å². The molecule has 0 saturated heterocycles. The smallest absolute Gasteiger partial charge is 0.315 e. The number of nitrogens with one attached hydrogen (secondary N) is 2. The van der Waals surface area contributed by atoms with Crippen LogP contribution in [-0.2, 0) is 0 Å². The number of hydrogen-bond acceptors (Lipinski definition) is 1. The second-order valence-corrected chi connectivity index (χ2v) is 4.11. The van der Waals surface area contributed by atoms with Gasteiger partial charge in [0.2, 0.25) is 0 Å². The molecule has 0 bridgehead atoms. The summed E-state index contributed by atoms with van der Waals surface area (Å²) in [7, 11) is 0. The number of amides is 2. The lowest BCUT2D eigenvalue weighted by Gasteiger charge is -2.14. The highest BCUT2D eigenvalue weighted by Crippen LogP contribution is 2.15. The predicted octanol–water partition coefficient (Wildman–Crippen LogP) is 3.11. The van der Waals surface area contributed by atoms with Crippen LogP contribution >= 0.6 is 11.6 Å². The Morgan fingerprint density at radius 1 is 1.38 bits per heavy atom. The van der Waals surface area contributed by atoms with Gasteiger partial charge in [-0.2, -0.15) is 0 Å². The van der Waals surface area contributed by atoms with E-state index in [-0.39, 0.29) is 12.1 Å². The summed E-state index contributed by atoms with van der Waals surface area (Å²) in [5.74, 6) is 0. The molecule has 4 heteroatoms. The van der Waals surface area contributed by atoms with E-state index in [0.717, 1.165) is 12.0 Å². The molecule has 0 aliphatic rings. The Hall–Kier alpha value is -1.22. The highest BCUT2D eigenvalue weighted by molar-refractivity contribution is 6.30. The van der Waals surface area contributed by atoms with E-state index in [0.29, 0.717) is 11.6 Å². The number of benzene rings is 1. The molecule has 3 nitrogen and oxygen atoms in total. The molecular weight excluding hydrogens is 224 g/mol. The minimum absolute atomic E-state index is 0.0193. The number of carbonyl (C=O) groups excluding carboxylic acids is 1. The number of halogens is 1. The molecule has 0 radical (unpaired) electrons. The van der Waals surface area contributed by atoms with Crippen molar-refractivity contribution >= 4 is 17.6 Å². The van der Waals surface area contributed by atoms with Crippen molar-refractivity contribution in [3.05, 3.63) is 34.9 Å². The van der Waals surface area contributed by atoms with Gasteiger partial charge in [0.05, 0.1) is 6.04 Å². The van der Waals surface area contributed by atoms with E-state index < -0.39 is 0 Å². The average Bonchev–Trinajstić information content (AvgIpc) is 2.27. The van der Waals surface area contributed by atoms with Crippen LogP contribution in [0.2, 0.25) is 5.02 Å². The van der Waals surface area contributed by atoms with Gasteiger partial charge in [-0.25, -0.2) is 4.79 Å². The first-order valence-corrected chi connectivity index (χ1v) is 5.81. The first-order valence-electron chi connectivity index (χ1n) is 5.43. The van der Waals surface area contributed by atoms with Crippen molar-refractivity contribution in [1.82, 2.24) is 10.6 Å². The van der Waals surface area contributed by atoms with Crippen LogP contribution in [0.25, 0.3) is 0 Å². The van der Waals surface area contributed by atoms with Crippen molar-refractivity contribution in [1.29, 1.82) is 0 Å². The van der Waals surface area contributed by atoms with E-state index in [4.69, 9.17) is 11.6 Å². The molecule has 0 saturated carbocycles. The van der Waals surface area contributed by atoms with Gasteiger partial charge in [0.1, 0.15) is 0 Å². The maximum atomic E-state index is 11.4. The molecule has 16 heavy (non-hydrogen) atoms. The number of rotatable bonds is 4. The van der Waals surface area contributed by atoms with Crippen molar-refractivity contribution in [2.75, 3.05) is 6.54 Å². The lowest BCUT2D eigenvalue weighted by molar-refractivity contribution is 0.238. The van der Waals surface area contributed by atoms with Crippen molar-refractivity contribution in [2.45, 2.75) is 26.3 Å². The van der Waals surface area contributed by atoms with Crippen molar-refractivity contribution in [2.24, 2.45) is 0 Å². The number of carbonyl (C=O) groups is 1. The summed E-state index contributed by atoms with van der Waals surface area (Å²) in [4.78, 5) is 11.4. The summed E-state index contributed by atoms with van der Waals surface area (Å²) in [6.07, 6.45) is 0.933. The van der Waals surface area contributed by atoms with Crippen LogP contribution in [0.5, 0.6) is 0 Å². The molecule has 1 rings (SSSR count). The molecule has 88 valence electrons. The fraction of sp³-hybridized carbons (Fsp3) is 0.417. The molecule has 2 amide bonds. The molecule has 0 spiro atoms. The van der Waals surface area contributed by atoms with Gasteiger partial charge >= 0.3 is 6.03 Å². The summed E-state index contributed by atoms with van der Waals surface area (Å²) in [5, 5.41) is 6.33. The summed E-state index contributed by atoms with van der Waals surface area (Å²) in [6.45, 7) is 4.65. The van der Waals surface area contributed by atoms with E-state index >= 15 is 0 Å². The van der Waals surface area contributed by atoms with Gasteiger partial charge in [0, 0.05) is 11.6 Å². The Balaban J connectivity index is 2.48. The molecule has 0 fully saturated rings. The zero-order valence-corrected chi connectivity index (χ0v) is 10.3. The Kier molecular flexibility index (Phi) is 5.12. The molecule has 0 aliphatic carbocycles. The fourth-order valence-corrected chi connectivity index (χ4v) is 1.45. The van der Waals surface area contributed by atoms with Gasteiger partial charge < -0.3 is 10.6 Å². The highest BCUT2D eigenvalue weighted by Gasteiger charge is 2.08. The fourth-order valence-electron chi connectivity index (χ4n) is 1.32.